The van der Waals surface area contributed by atoms with Gasteiger partial charge in [0.1, 0.15) is 5.76 Å². The number of urea groups is 1. The molecule has 2 aliphatic rings. The molecule has 0 aromatic carbocycles. The topological polar surface area (TPSA) is 48.7 Å². The standard InChI is InChI=1S/C13H19N3O2/c17-13-15(10-12-4-2-8-18-12)6-7-16(13)11-3-1-5-14-9-11/h2,4,8,11,14H,1,3,5-7,9-10H2. The van der Waals surface area contributed by atoms with Crippen LogP contribution in [0.4, 0.5) is 4.79 Å². The monoisotopic (exact) mass is 249 g/mol. The third-order valence-corrected chi connectivity index (χ3v) is 3.77. The van der Waals surface area contributed by atoms with Crippen LogP contribution < -0.4 is 5.32 Å². The molecule has 5 heteroatoms. The Kier molecular flexibility index (Phi) is 3.23. The highest BCUT2D eigenvalue weighted by Crippen LogP contribution is 2.19. The molecule has 1 aromatic heterocycles. The number of hydrogen-bond donors (Lipinski definition) is 1. The van der Waals surface area contributed by atoms with E-state index in [1.807, 2.05) is 21.9 Å². The highest BCUT2D eigenvalue weighted by atomic mass is 16.3. The van der Waals surface area contributed by atoms with Crippen LogP contribution in [0.5, 0.6) is 0 Å². The van der Waals surface area contributed by atoms with Gasteiger partial charge in [0.15, 0.2) is 0 Å². The molecule has 0 bridgehead atoms. The number of piperidine rings is 1. The summed E-state index contributed by atoms with van der Waals surface area (Å²) in [6.45, 7) is 4.24. The van der Waals surface area contributed by atoms with Crippen LogP contribution in [0.3, 0.4) is 0 Å². The van der Waals surface area contributed by atoms with Crippen molar-refractivity contribution in [3.05, 3.63) is 24.2 Å². The predicted molar refractivity (Wildman–Crippen MR) is 67.1 cm³/mol. The summed E-state index contributed by atoms with van der Waals surface area (Å²) >= 11 is 0. The summed E-state index contributed by atoms with van der Waals surface area (Å²) in [7, 11) is 0. The Labute approximate surface area is 107 Å². The quantitative estimate of drug-likeness (QED) is 0.877. The van der Waals surface area contributed by atoms with E-state index in [1.165, 1.54) is 0 Å². The summed E-state index contributed by atoms with van der Waals surface area (Å²) in [5.41, 5.74) is 0. The van der Waals surface area contributed by atoms with Crippen molar-refractivity contribution in [1.82, 2.24) is 15.1 Å². The fourth-order valence-corrected chi connectivity index (χ4v) is 2.78. The largest absolute Gasteiger partial charge is 0.467 e. The van der Waals surface area contributed by atoms with Crippen molar-refractivity contribution >= 4 is 6.03 Å². The van der Waals surface area contributed by atoms with Gasteiger partial charge in [-0.25, -0.2) is 4.79 Å². The second kappa shape index (κ2) is 5.02. The lowest BCUT2D eigenvalue weighted by Gasteiger charge is -2.31. The van der Waals surface area contributed by atoms with Crippen molar-refractivity contribution in [3.63, 3.8) is 0 Å². The predicted octanol–water partition coefficient (Wildman–Crippen LogP) is 1.27. The van der Waals surface area contributed by atoms with Crippen molar-refractivity contribution in [2.75, 3.05) is 26.2 Å². The van der Waals surface area contributed by atoms with Gasteiger partial charge in [-0.15, -0.1) is 0 Å². The van der Waals surface area contributed by atoms with Gasteiger partial charge in [0.2, 0.25) is 0 Å². The molecule has 0 saturated carbocycles. The van der Waals surface area contributed by atoms with Gasteiger partial charge in [-0.2, -0.15) is 0 Å². The lowest BCUT2D eigenvalue weighted by atomic mass is 10.1. The lowest BCUT2D eigenvalue weighted by molar-refractivity contribution is 0.164. The Bertz CT molecular complexity index is 398. The number of furan rings is 1. The van der Waals surface area contributed by atoms with Gasteiger partial charge in [-0.3, -0.25) is 0 Å². The number of nitrogens with zero attached hydrogens (tertiary/aromatic N) is 2. The maximum absolute atomic E-state index is 12.3. The van der Waals surface area contributed by atoms with E-state index in [2.05, 4.69) is 5.32 Å². The van der Waals surface area contributed by atoms with Crippen molar-refractivity contribution in [2.24, 2.45) is 0 Å². The average Bonchev–Trinajstić information content (AvgIpc) is 3.03. The molecule has 0 spiro atoms. The Morgan fingerprint density at radius 1 is 1.44 bits per heavy atom. The first-order valence-corrected chi connectivity index (χ1v) is 6.63. The van der Waals surface area contributed by atoms with Crippen molar-refractivity contribution in [1.29, 1.82) is 0 Å². The van der Waals surface area contributed by atoms with Crippen LogP contribution in [0, 0.1) is 0 Å². The molecule has 2 saturated heterocycles. The van der Waals surface area contributed by atoms with E-state index >= 15 is 0 Å². The van der Waals surface area contributed by atoms with Crippen LogP contribution in [0.15, 0.2) is 22.8 Å². The molecule has 98 valence electrons. The van der Waals surface area contributed by atoms with Crippen LogP contribution >= 0.6 is 0 Å². The van der Waals surface area contributed by atoms with Gasteiger partial charge in [-0.05, 0) is 31.5 Å². The Balaban J connectivity index is 1.61. The minimum Gasteiger partial charge on any atom is -0.467 e. The first-order valence-electron chi connectivity index (χ1n) is 6.63. The zero-order valence-corrected chi connectivity index (χ0v) is 10.5. The lowest BCUT2D eigenvalue weighted by Crippen LogP contribution is -2.47. The van der Waals surface area contributed by atoms with Gasteiger partial charge in [-0.1, -0.05) is 0 Å². The molecular formula is C13H19N3O2. The van der Waals surface area contributed by atoms with Crippen molar-refractivity contribution in [3.8, 4) is 0 Å². The zero-order valence-electron chi connectivity index (χ0n) is 10.5. The molecule has 3 heterocycles. The molecule has 18 heavy (non-hydrogen) atoms. The molecule has 2 aliphatic heterocycles. The summed E-state index contributed by atoms with van der Waals surface area (Å²) in [5.74, 6) is 0.854. The molecule has 1 N–H and O–H groups in total. The van der Waals surface area contributed by atoms with E-state index in [4.69, 9.17) is 4.42 Å². The van der Waals surface area contributed by atoms with E-state index in [0.717, 1.165) is 44.8 Å². The number of carbonyl (C=O) groups is 1. The zero-order chi connectivity index (χ0) is 12.4. The normalized spacial score (nSPS) is 24.9. The Morgan fingerprint density at radius 3 is 3.11 bits per heavy atom. The Morgan fingerprint density at radius 2 is 2.39 bits per heavy atom. The van der Waals surface area contributed by atoms with E-state index in [-0.39, 0.29) is 6.03 Å². The molecular weight excluding hydrogens is 230 g/mol. The minimum atomic E-state index is 0.153. The minimum absolute atomic E-state index is 0.153. The van der Waals surface area contributed by atoms with Crippen LogP contribution in [-0.2, 0) is 6.54 Å². The molecule has 1 unspecified atom stereocenters. The van der Waals surface area contributed by atoms with E-state index in [9.17, 15) is 4.79 Å². The highest BCUT2D eigenvalue weighted by molar-refractivity contribution is 5.76. The maximum atomic E-state index is 12.3. The third kappa shape index (κ3) is 2.22. The molecule has 0 aliphatic carbocycles. The van der Waals surface area contributed by atoms with Crippen molar-refractivity contribution < 1.29 is 9.21 Å². The Hall–Kier alpha value is -1.49. The van der Waals surface area contributed by atoms with Gasteiger partial charge in [0, 0.05) is 25.7 Å². The average molecular weight is 249 g/mol. The first kappa shape index (κ1) is 11.6. The van der Waals surface area contributed by atoms with Gasteiger partial charge >= 0.3 is 6.03 Å². The number of nitrogens with one attached hydrogen (secondary N) is 1. The highest BCUT2D eigenvalue weighted by Gasteiger charge is 2.34. The van der Waals surface area contributed by atoms with Crippen LogP contribution in [0.25, 0.3) is 0 Å². The molecule has 0 radical (unpaired) electrons. The fraction of sp³-hybridized carbons (Fsp3) is 0.615. The summed E-state index contributed by atoms with van der Waals surface area (Å²) in [6.07, 6.45) is 3.93. The van der Waals surface area contributed by atoms with Crippen LogP contribution in [-0.4, -0.2) is 48.1 Å². The molecule has 2 fully saturated rings. The van der Waals surface area contributed by atoms with Gasteiger partial charge < -0.3 is 19.5 Å². The van der Waals surface area contributed by atoms with Gasteiger partial charge in [0.05, 0.1) is 12.8 Å². The number of amides is 2. The molecule has 2 amide bonds. The summed E-state index contributed by atoms with van der Waals surface area (Å²) in [4.78, 5) is 16.2. The van der Waals surface area contributed by atoms with Crippen molar-refractivity contribution in [2.45, 2.75) is 25.4 Å². The van der Waals surface area contributed by atoms with E-state index in [1.54, 1.807) is 6.26 Å². The van der Waals surface area contributed by atoms with E-state index < -0.39 is 0 Å². The summed E-state index contributed by atoms with van der Waals surface area (Å²) in [6, 6.07) is 4.30. The van der Waals surface area contributed by atoms with Crippen LogP contribution in [0.1, 0.15) is 18.6 Å². The SMILES string of the molecule is O=C1N(Cc2ccco2)CCN1C1CCCNC1. The smallest absolute Gasteiger partial charge is 0.320 e. The van der Waals surface area contributed by atoms with Crippen LogP contribution in [0.2, 0.25) is 0 Å². The molecule has 1 atom stereocenters. The summed E-state index contributed by atoms with van der Waals surface area (Å²) < 4.78 is 5.30. The first-order chi connectivity index (χ1) is 8.84. The van der Waals surface area contributed by atoms with E-state index in [0.29, 0.717) is 12.6 Å². The molecule has 3 rings (SSSR count). The maximum Gasteiger partial charge on any atom is 0.320 e. The second-order valence-electron chi connectivity index (χ2n) is 4.98. The number of hydrogen-bond acceptors (Lipinski definition) is 3. The number of rotatable bonds is 3. The molecule has 5 nitrogen and oxygen atoms in total. The fourth-order valence-electron chi connectivity index (χ4n) is 2.78. The second-order valence-corrected chi connectivity index (χ2v) is 4.98. The molecule has 1 aromatic rings. The summed E-state index contributed by atoms with van der Waals surface area (Å²) in [5, 5.41) is 3.36. The number of carbonyl (C=O) groups excluding carboxylic acids is 1. The van der Waals surface area contributed by atoms with Gasteiger partial charge in [0.25, 0.3) is 0 Å². The third-order valence-electron chi connectivity index (χ3n) is 3.77.